The van der Waals surface area contributed by atoms with Crippen LogP contribution in [0.5, 0.6) is 5.75 Å². The molecule has 1 atom stereocenters. The Morgan fingerprint density at radius 1 is 1.07 bits per heavy atom. The predicted octanol–water partition coefficient (Wildman–Crippen LogP) is 3.31. The van der Waals surface area contributed by atoms with E-state index in [1.807, 2.05) is 18.2 Å². The van der Waals surface area contributed by atoms with Gasteiger partial charge in [0.15, 0.2) is 0 Å². The quantitative estimate of drug-likeness (QED) is 0.495. The van der Waals surface area contributed by atoms with Crippen LogP contribution in [-0.2, 0) is 11.2 Å². The zero-order valence-corrected chi connectivity index (χ0v) is 15.3. The number of oxazole rings is 1. The van der Waals surface area contributed by atoms with Gasteiger partial charge in [0, 0.05) is 0 Å². The highest BCUT2D eigenvalue weighted by Gasteiger charge is 2.18. The van der Waals surface area contributed by atoms with E-state index in [4.69, 9.17) is 19.6 Å². The van der Waals surface area contributed by atoms with Gasteiger partial charge in [0.2, 0.25) is 11.7 Å². The molecule has 144 valence electrons. The largest absolute Gasteiger partial charge is 0.460 e. The molecule has 1 unspecified atom stereocenters. The van der Waals surface area contributed by atoms with Crippen molar-refractivity contribution in [2.75, 3.05) is 6.61 Å². The SMILES string of the molecule is CCOC(=O)c1cnc(C(N)Cc2ccc(OC(=O)c3ccccc3)cc2)o1. The van der Waals surface area contributed by atoms with Crippen LogP contribution in [0.1, 0.15) is 45.3 Å². The topological polar surface area (TPSA) is 105 Å². The van der Waals surface area contributed by atoms with Gasteiger partial charge in [-0.1, -0.05) is 30.3 Å². The fourth-order valence-corrected chi connectivity index (χ4v) is 2.53. The Morgan fingerprint density at radius 2 is 1.79 bits per heavy atom. The lowest BCUT2D eigenvalue weighted by atomic mass is 10.1. The maximum absolute atomic E-state index is 12.1. The lowest BCUT2D eigenvalue weighted by molar-refractivity contribution is 0.0487. The summed E-state index contributed by atoms with van der Waals surface area (Å²) in [6.07, 6.45) is 1.75. The third-order valence-corrected chi connectivity index (χ3v) is 3.92. The molecule has 2 aromatic carbocycles. The Bertz CT molecular complexity index is 935. The highest BCUT2D eigenvalue weighted by molar-refractivity contribution is 5.90. The molecule has 0 aliphatic carbocycles. The molecule has 0 bridgehead atoms. The second-order valence-corrected chi connectivity index (χ2v) is 5.99. The summed E-state index contributed by atoms with van der Waals surface area (Å²) in [4.78, 5) is 27.7. The number of hydrogen-bond donors (Lipinski definition) is 1. The Morgan fingerprint density at radius 3 is 2.46 bits per heavy atom. The average molecular weight is 380 g/mol. The third-order valence-electron chi connectivity index (χ3n) is 3.92. The molecule has 1 heterocycles. The Labute approximate surface area is 162 Å². The normalized spacial score (nSPS) is 11.6. The highest BCUT2D eigenvalue weighted by Crippen LogP contribution is 2.20. The zero-order valence-electron chi connectivity index (χ0n) is 15.3. The summed E-state index contributed by atoms with van der Waals surface area (Å²) in [7, 11) is 0. The van der Waals surface area contributed by atoms with Crippen molar-refractivity contribution in [2.24, 2.45) is 5.73 Å². The number of benzene rings is 2. The van der Waals surface area contributed by atoms with Gasteiger partial charge in [-0.15, -0.1) is 0 Å². The molecule has 0 saturated carbocycles. The van der Waals surface area contributed by atoms with E-state index < -0.39 is 18.0 Å². The third kappa shape index (κ3) is 4.83. The molecule has 3 aromatic rings. The summed E-state index contributed by atoms with van der Waals surface area (Å²) in [6, 6.07) is 15.2. The number of nitrogens with two attached hydrogens (primary N) is 1. The first-order valence-electron chi connectivity index (χ1n) is 8.81. The summed E-state index contributed by atoms with van der Waals surface area (Å²) in [5.41, 5.74) is 7.50. The zero-order chi connectivity index (χ0) is 19.9. The van der Waals surface area contributed by atoms with Gasteiger partial charge in [-0.2, -0.15) is 0 Å². The van der Waals surface area contributed by atoms with Gasteiger partial charge >= 0.3 is 11.9 Å². The second kappa shape index (κ2) is 8.96. The lowest BCUT2D eigenvalue weighted by Crippen LogP contribution is -2.14. The van der Waals surface area contributed by atoms with E-state index in [-0.39, 0.29) is 18.3 Å². The lowest BCUT2D eigenvalue weighted by Gasteiger charge is -2.09. The van der Waals surface area contributed by atoms with Crippen LogP contribution in [0.3, 0.4) is 0 Å². The van der Waals surface area contributed by atoms with Crippen molar-refractivity contribution in [3.63, 3.8) is 0 Å². The van der Waals surface area contributed by atoms with Crippen LogP contribution in [-0.4, -0.2) is 23.5 Å². The van der Waals surface area contributed by atoms with Crippen LogP contribution < -0.4 is 10.5 Å². The van der Waals surface area contributed by atoms with Gasteiger partial charge < -0.3 is 19.6 Å². The molecule has 0 aliphatic heterocycles. The average Bonchev–Trinajstić information content (AvgIpc) is 3.21. The van der Waals surface area contributed by atoms with E-state index in [0.717, 1.165) is 5.56 Å². The molecule has 0 saturated heterocycles. The molecule has 2 N–H and O–H groups in total. The molecule has 0 aliphatic rings. The number of esters is 2. The molecule has 28 heavy (non-hydrogen) atoms. The number of carbonyl (C=O) groups is 2. The number of aromatic nitrogens is 1. The molecular formula is C21H20N2O5. The van der Waals surface area contributed by atoms with Crippen molar-refractivity contribution in [2.45, 2.75) is 19.4 Å². The Balaban J connectivity index is 1.59. The Hall–Kier alpha value is -3.45. The van der Waals surface area contributed by atoms with Crippen molar-refractivity contribution in [3.05, 3.63) is 83.6 Å². The van der Waals surface area contributed by atoms with E-state index in [1.54, 1.807) is 43.3 Å². The summed E-state index contributed by atoms with van der Waals surface area (Å²) in [5, 5.41) is 0. The van der Waals surface area contributed by atoms with Gasteiger partial charge in [-0.05, 0) is 43.2 Å². The number of hydrogen-bond acceptors (Lipinski definition) is 7. The first-order chi connectivity index (χ1) is 13.6. The van der Waals surface area contributed by atoms with Gasteiger partial charge in [0.1, 0.15) is 5.75 Å². The van der Waals surface area contributed by atoms with E-state index in [9.17, 15) is 9.59 Å². The Kier molecular flexibility index (Phi) is 6.18. The molecule has 7 nitrogen and oxygen atoms in total. The van der Waals surface area contributed by atoms with Crippen molar-refractivity contribution in [1.82, 2.24) is 4.98 Å². The van der Waals surface area contributed by atoms with Gasteiger partial charge in [-0.25, -0.2) is 14.6 Å². The van der Waals surface area contributed by atoms with Crippen molar-refractivity contribution >= 4 is 11.9 Å². The van der Waals surface area contributed by atoms with Crippen LogP contribution in [0, 0.1) is 0 Å². The molecule has 0 amide bonds. The molecule has 0 fully saturated rings. The number of carbonyl (C=O) groups excluding carboxylic acids is 2. The van der Waals surface area contributed by atoms with Crippen LogP contribution in [0.4, 0.5) is 0 Å². The van der Waals surface area contributed by atoms with Gasteiger partial charge in [0.05, 0.1) is 24.4 Å². The first-order valence-corrected chi connectivity index (χ1v) is 8.81. The summed E-state index contributed by atoms with van der Waals surface area (Å²) in [5.74, 6) is -0.278. The minimum Gasteiger partial charge on any atom is -0.460 e. The molecule has 3 rings (SSSR count). The first kappa shape index (κ1) is 19.3. The number of ether oxygens (including phenoxy) is 2. The van der Waals surface area contributed by atoms with Gasteiger partial charge in [0.25, 0.3) is 0 Å². The van der Waals surface area contributed by atoms with Crippen molar-refractivity contribution in [3.8, 4) is 5.75 Å². The van der Waals surface area contributed by atoms with Crippen LogP contribution in [0.2, 0.25) is 0 Å². The summed E-state index contributed by atoms with van der Waals surface area (Å²) in [6.45, 7) is 1.96. The van der Waals surface area contributed by atoms with Crippen LogP contribution in [0.25, 0.3) is 0 Å². The minimum absolute atomic E-state index is 0.0236. The van der Waals surface area contributed by atoms with E-state index in [1.165, 1.54) is 6.20 Å². The number of nitrogens with zero attached hydrogens (tertiary/aromatic N) is 1. The molecular weight excluding hydrogens is 360 g/mol. The standard InChI is InChI=1S/C21H20N2O5/c1-2-26-21(25)18-13-23-19(28-18)17(22)12-14-8-10-16(11-9-14)27-20(24)15-6-4-3-5-7-15/h3-11,13,17H,2,12,22H2,1H3. The maximum Gasteiger partial charge on any atom is 0.375 e. The fourth-order valence-electron chi connectivity index (χ4n) is 2.53. The van der Waals surface area contributed by atoms with Crippen LogP contribution >= 0.6 is 0 Å². The summed E-state index contributed by atoms with van der Waals surface area (Å²) < 4.78 is 15.6. The van der Waals surface area contributed by atoms with Crippen LogP contribution in [0.15, 0.2) is 65.2 Å². The molecule has 7 heteroatoms. The van der Waals surface area contributed by atoms with Gasteiger partial charge in [-0.3, -0.25) is 0 Å². The fraction of sp³-hybridized carbons (Fsp3) is 0.190. The predicted molar refractivity (Wildman–Crippen MR) is 101 cm³/mol. The maximum atomic E-state index is 12.1. The molecule has 1 aromatic heterocycles. The second-order valence-electron chi connectivity index (χ2n) is 5.99. The van der Waals surface area contributed by atoms with E-state index in [2.05, 4.69) is 4.98 Å². The number of rotatable bonds is 7. The highest BCUT2D eigenvalue weighted by atomic mass is 16.5. The van der Waals surface area contributed by atoms with Crippen molar-refractivity contribution < 1.29 is 23.5 Å². The monoisotopic (exact) mass is 380 g/mol. The van der Waals surface area contributed by atoms with E-state index in [0.29, 0.717) is 17.7 Å². The van der Waals surface area contributed by atoms with Crippen molar-refractivity contribution in [1.29, 1.82) is 0 Å². The van der Waals surface area contributed by atoms with E-state index >= 15 is 0 Å². The molecule has 0 spiro atoms. The molecule has 0 radical (unpaired) electrons. The smallest absolute Gasteiger partial charge is 0.375 e. The minimum atomic E-state index is -0.571. The summed E-state index contributed by atoms with van der Waals surface area (Å²) >= 11 is 0.